The molecule has 2 nitrogen and oxygen atoms in total. The molecule has 0 bridgehead atoms. The standard InChI is InChI=1S/C11H20N2/c1-3-11(4-2)5-8-13(9-6-11)10-7-12/h3-6,8-10H2,1-2H3. The van der Waals surface area contributed by atoms with Crippen LogP contribution in [0.2, 0.25) is 0 Å². The van der Waals surface area contributed by atoms with Crippen LogP contribution < -0.4 is 0 Å². The Hall–Kier alpha value is -0.550. The lowest BCUT2D eigenvalue weighted by Crippen LogP contribution is -2.39. The maximum Gasteiger partial charge on any atom is 0.0865 e. The fourth-order valence-electron chi connectivity index (χ4n) is 2.24. The zero-order valence-corrected chi connectivity index (χ0v) is 8.84. The first kappa shape index (κ1) is 10.5. The summed E-state index contributed by atoms with van der Waals surface area (Å²) in [5.41, 5.74) is 0.589. The van der Waals surface area contributed by atoms with E-state index in [0.717, 1.165) is 13.1 Å². The molecular weight excluding hydrogens is 160 g/mol. The van der Waals surface area contributed by atoms with Crippen LogP contribution in [-0.2, 0) is 0 Å². The second kappa shape index (κ2) is 4.62. The third kappa shape index (κ3) is 2.45. The monoisotopic (exact) mass is 180 g/mol. The van der Waals surface area contributed by atoms with Gasteiger partial charge in [-0.3, -0.25) is 4.90 Å². The Kier molecular flexibility index (Phi) is 3.74. The molecular formula is C11H20N2. The molecule has 1 aliphatic heterocycles. The first-order valence-electron chi connectivity index (χ1n) is 5.35. The van der Waals surface area contributed by atoms with Crippen LogP contribution in [0.4, 0.5) is 0 Å². The summed E-state index contributed by atoms with van der Waals surface area (Å²) < 4.78 is 0. The third-order valence-electron chi connectivity index (χ3n) is 3.71. The molecule has 0 N–H and O–H groups in total. The fraction of sp³-hybridized carbons (Fsp3) is 0.909. The molecule has 1 rings (SSSR count). The van der Waals surface area contributed by atoms with Gasteiger partial charge in [0, 0.05) is 0 Å². The van der Waals surface area contributed by atoms with Crippen molar-refractivity contribution in [2.75, 3.05) is 19.6 Å². The van der Waals surface area contributed by atoms with Gasteiger partial charge in [0.2, 0.25) is 0 Å². The van der Waals surface area contributed by atoms with Crippen LogP contribution in [0.5, 0.6) is 0 Å². The van der Waals surface area contributed by atoms with E-state index in [1.807, 2.05) is 0 Å². The molecule has 1 saturated heterocycles. The molecule has 0 aromatic carbocycles. The van der Waals surface area contributed by atoms with Gasteiger partial charge in [0.05, 0.1) is 12.6 Å². The van der Waals surface area contributed by atoms with E-state index >= 15 is 0 Å². The summed E-state index contributed by atoms with van der Waals surface area (Å²) in [6, 6.07) is 2.23. The Morgan fingerprint density at radius 3 is 2.15 bits per heavy atom. The van der Waals surface area contributed by atoms with Crippen molar-refractivity contribution in [1.29, 1.82) is 5.26 Å². The molecule has 0 unspecified atom stereocenters. The molecule has 1 heterocycles. The van der Waals surface area contributed by atoms with Gasteiger partial charge in [-0.25, -0.2) is 0 Å². The zero-order valence-electron chi connectivity index (χ0n) is 8.84. The lowest BCUT2D eigenvalue weighted by atomic mass is 9.74. The number of nitrogens with zero attached hydrogens (tertiary/aromatic N) is 2. The van der Waals surface area contributed by atoms with Crippen LogP contribution >= 0.6 is 0 Å². The average Bonchev–Trinajstić information content (AvgIpc) is 2.20. The van der Waals surface area contributed by atoms with E-state index in [1.165, 1.54) is 25.7 Å². The number of hydrogen-bond donors (Lipinski definition) is 0. The van der Waals surface area contributed by atoms with Crippen LogP contribution in [0.1, 0.15) is 39.5 Å². The quantitative estimate of drug-likeness (QED) is 0.624. The Bertz CT molecular complexity index is 179. The molecule has 2 heteroatoms. The summed E-state index contributed by atoms with van der Waals surface area (Å²) in [5, 5.41) is 8.57. The van der Waals surface area contributed by atoms with Gasteiger partial charge >= 0.3 is 0 Å². The summed E-state index contributed by atoms with van der Waals surface area (Å²) in [5.74, 6) is 0. The van der Waals surface area contributed by atoms with Crippen molar-refractivity contribution >= 4 is 0 Å². The van der Waals surface area contributed by atoms with Crippen LogP contribution in [-0.4, -0.2) is 24.5 Å². The molecule has 1 fully saturated rings. The van der Waals surface area contributed by atoms with E-state index < -0.39 is 0 Å². The molecule has 13 heavy (non-hydrogen) atoms. The van der Waals surface area contributed by atoms with Crippen LogP contribution in [0.3, 0.4) is 0 Å². The summed E-state index contributed by atoms with van der Waals surface area (Å²) in [6.45, 7) is 7.45. The van der Waals surface area contributed by atoms with E-state index in [-0.39, 0.29) is 0 Å². The van der Waals surface area contributed by atoms with Crippen molar-refractivity contribution in [3.8, 4) is 6.07 Å². The van der Waals surface area contributed by atoms with Gasteiger partial charge in [-0.05, 0) is 31.3 Å². The summed E-state index contributed by atoms with van der Waals surface area (Å²) in [6.07, 6.45) is 5.15. The molecule has 0 atom stereocenters. The summed E-state index contributed by atoms with van der Waals surface area (Å²) in [7, 11) is 0. The second-order valence-electron chi connectivity index (χ2n) is 4.14. The largest absolute Gasteiger partial charge is 0.291 e. The first-order chi connectivity index (χ1) is 6.26. The Morgan fingerprint density at radius 2 is 1.77 bits per heavy atom. The SMILES string of the molecule is CCC1(CC)CCN(CC#N)CC1. The number of likely N-dealkylation sites (tertiary alicyclic amines) is 1. The van der Waals surface area contributed by atoms with E-state index in [2.05, 4.69) is 24.8 Å². The highest BCUT2D eigenvalue weighted by Crippen LogP contribution is 2.37. The lowest BCUT2D eigenvalue weighted by Gasteiger charge is -2.40. The number of rotatable bonds is 3. The molecule has 74 valence electrons. The molecule has 0 aromatic rings. The maximum absolute atomic E-state index is 8.57. The summed E-state index contributed by atoms with van der Waals surface area (Å²) in [4.78, 5) is 2.27. The lowest BCUT2D eigenvalue weighted by molar-refractivity contribution is 0.104. The average molecular weight is 180 g/mol. The topological polar surface area (TPSA) is 27.0 Å². The predicted molar refractivity (Wildman–Crippen MR) is 54.3 cm³/mol. The highest BCUT2D eigenvalue weighted by Gasteiger charge is 2.30. The van der Waals surface area contributed by atoms with Crippen LogP contribution in [0.25, 0.3) is 0 Å². The third-order valence-corrected chi connectivity index (χ3v) is 3.71. The highest BCUT2D eigenvalue weighted by atomic mass is 15.1. The van der Waals surface area contributed by atoms with Gasteiger partial charge in [-0.2, -0.15) is 5.26 Å². The molecule has 0 aromatic heterocycles. The molecule has 0 radical (unpaired) electrons. The van der Waals surface area contributed by atoms with Gasteiger partial charge in [-0.1, -0.05) is 26.7 Å². The normalized spacial score (nSPS) is 22.5. The van der Waals surface area contributed by atoms with E-state index in [1.54, 1.807) is 0 Å². The van der Waals surface area contributed by atoms with Gasteiger partial charge in [0.25, 0.3) is 0 Å². The zero-order chi connectivity index (χ0) is 9.73. The summed E-state index contributed by atoms with van der Waals surface area (Å²) >= 11 is 0. The number of hydrogen-bond acceptors (Lipinski definition) is 2. The molecule has 0 spiro atoms. The minimum Gasteiger partial charge on any atom is -0.291 e. The van der Waals surface area contributed by atoms with Crippen molar-refractivity contribution in [3.05, 3.63) is 0 Å². The minimum absolute atomic E-state index is 0.589. The van der Waals surface area contributed by atoms with Crippen molar-refractivity contribution in [1.82, 2.24) is 4.90 Å². The van der Waals surface area contributed by atoms with Gasteiger partial charge in [-0.15, -0.1) is 0 Å². The maximum atomic E-state index is 8.57. The van der Waals surface area contributed by atoms with Crippen molar-refractivity contribution < 1.29 is 0 Å². The van der Waals surface area contributed by atoms with Crippen molar-refractivity contribution in [2.45, 2.75) is 39.5 Å². The van der Waals surface area contributed by atoms with Gasteiger partial charge < -0.3 is 0 Å². The van der Waals surface area contributed by atoms with E-state index in [0.29, 0.717) is 12.0 Å². The molecule has 0 aliphatic carbocycles. The molecule has 0 saturated carbocycles. The van der Waals surface area contributed by atoms with Gasteiger partial charge in [0.15, 0.2) is 0 Å². The first-order valence-corrected chi connectivity index (χ1v) is 5.35. The Labute approximate surface area is 81.5 Å². The van der Waals surface area contributed by atoms with Crippen molar-refractivity contribution in [3.63, 3.8) is 0 Å². The van der Waals surface area contributed by atoms with Crippen LogP contribution in [0.15, 0.2) is 0 Å². The van der Waals surface area contributed by atoms with Gasteiger partial charge in [0.1, 0.15) is 0 Å². The number of nitriles is 1. The second-order valence-corrected chi connectivity index (χ2v) is 4.14. The van der Waals surface area contributed by atoms with E-state index in [4.69, 9.17) is 5.26 Å². The smallest absolute Gasteiger partial charge is 0.0865 e. The highest BCUT2D eigenvalue weighted by molar-refractivity contribution is 4.87. The fourth-order valence-corrected chi connectivity index (χ4v) is 2.24. The number of piperidine rings is 1. The predicted octanol–water partition coefficient (Wildman–Crippen LogP) is 2.41. The molecule has 0 amide bonds. The Balaban J connectivity index is 2.41. The Morgan fingerprint density at radius 1 is 1.23 bits per heavy atom. The van der Waals surface area contributed by atoms with Crippen LogP contribution in [0, 0.1) is 16.7 Å². The minimum atomic E-state index is 0.589. The van der Waals surface area contributed by atoms with E-state index in [9.17, 15) is 0 Å². The molecule has 1 aliphatic rings. The van der Waals surface area contributed by atoms with Crippen molar-refractivity contribution in [2.24, 2.45) is 5.41 Å².